The molecule has 0 unspecified atom stereocenters. The Kier molecular flexibility index (Phi) is 5.43. The van der Waals surface area contributed by atoms with Gasteiger partial charge in [-0.05, 0) is 93.9 Å². The number of carboxylic acid groups (broad SMARTS) is 1. The maximum absolute atomic E-state index is 11.7. The molecule has 4 aliphatic carbocycles. The number of benzene rings is 1. The highest BCUT2D eigenvalue weighted by Gasteiger charge is 2.52. The topological polar surface area (TPSA) is 71.5 Å². The summed E-state index contributed by atoms with van der Waals surface area (Å²) in [4.78, 5) is 16.5. The Morgan fingerprint density at radius 3 is 2.38 bits per heavy atom. The van der Waals surface area contributed by atoms with Gasteiger partial charge in [-0.15, -0.1) is 0 Å². The summed E-state index contributed by atoms with van der Waals surface area (Å²) in [5.41, 5.74) is 2.11. The maximum atomic E-state index is 11.7. The number of rotatable bonds is 6. The number of carbonyl (C=O) groups is 1. The van der Waals surface area contributed by atoms with Crippen LogP contribution in [0.4, 0.5) is 0 Å². The highest BCUT2D eigenvalue weighted by molar-refractivity contribution is 5.80. The van der Waals surface area contributed by atoms with Crippen molar-refractivity contribution in [2.75, 3.05) is 0 Å². The molecule has 32 heavy (non-hydrogen) atoms. The molecule has 0 spiro atoms. The molecular weight excluding hydrogens is 400 g/mol. The first-order valence-electron chi connectivity index (χ1n) is 12.3. The van der Waals surface area contributed by atoms with Gasteiger partial charge in [-0.3, -0.25) is 9.78 Å². The van der Waals surface area contributed by atoms with Crippen LogP contribution in [0.15, 0.2) is 30.3 Å². The second-order valence-corrected chi connectivity index (χ2v) is 11.4. The Morgan fingerprint density at radius 2 is 1.72 bits per heavy atom. The van der Waals surface area contributed by atoms with Gasteiger partial charge >= 0.3 is 5.97 Å². The number of pyridine rings is 1. The van der Waals surface area contributed by atoms with Gasteiger partial charge in [0.25, 0.3) is 0 Å². The summed E-state index contributed by atoms with van der Waals surface area (Å²) in [5, 5.41) is 14.5. The summed E-state index contributed by atoms with van der Waals surface area (Å²) in [6, 6.07) is 10.5. The molecule has 0 atom stereocenters. The van der Waals surface area contributed by atoms with E-state index in [0.29, 0.717) is 11.5 Å². The fourth-order valence-corrected chi connectivity index (χ4v) is 6.05. The van der Waals surface area contributed by atoms with Crippen LogP contribution in [0.1, 0.15) is 83.7 Å². The number of carboxylic acids is 1. The lowest BCUT2D eigenvalue weighted by Crippen LogP contribution is -2.56. The zero-order valence-electron chi connectivity index (χ0n) is 19.5. The van der Waals surface area contributed by atoms with Crippen LogP contribution in [0.3, 0.4) is 0 Å². The van der Waals surface area contributed by atoms with Crippen molar-refractivity contribution in [3.05, 3.63) is 36.0 Å². The molecule has 5 nitrogen and oxygen atoms in total. The lowest BCUT2D eigenvalue weighted by molar-refractivity contribution is -0.156. The lowest BCUT2D eigenvalue weighted by Gasteiger charge is -2.51. The molecule has 4 saturated carbocycles. The molecular formula is C27H36N2O3. The lowest BCUT2D eigenvalue weighted by atomic mass is 9.57. The minimum atomic E-state index is -0.599. The molecule has 4 aliphatic rings. The minimum absolute atomic E-state index is 0.0834. The fraction of sp³-hybridized carbons (Fsp3) is 0.630. The SMILES string of the molecule is CC1(C)CCC(Oc2ccc3nc(CNC45CCC(C(=O)O)(CC4)CC5)ccc3c2)CC1. The smallest absolute Gasteiger partial charge is 0.309 e. The molecule has 1 aromatic carbocycles. The van der Waals surface area contributed by atoms with Gasteiger partial charge in [0.1, 0.15) is 5.75 Å². The molecule has 1 heterocycles. The Hall–Kier alpha value is -2.14. The monoisotopic (exact) mass is 436 g/mol. The Morgan fingerprint density at radius 1 is 1.03 bits per heavy atom. The first-order valence-corrected chi connectivity index (χ1v) is 12.3. The molecule has 1 aromatic heterocycles. The number of fused-ring (bicyclic) bond motifs is 4. The van der Waals surface area contributed by atoms with E-state index in [0.717, 1.165) is 80.3 Å². The van der Waals surface area contributed by atoms with Gasteiger partial charge in [-0.2, -0.15) is 0 Å². The fourth-order valence-electron chi connectivity index (χ4n) is 6.05. The third kappa shape index (κ3) is 4.24. The van der Waals surface area contributed by atoms with Crippen LogP contribution in [0.5, 0.6) is 5.75 Å². The summed E-state index contributed by atoms with van der Waals surface area (Å²) in [7, 11) is 0. The number of nitrogens with zero attached hydrogens (tertiary/aromatic N) is 1. The van der Waals surface area contributed by atoms with Gasteiger partial charge in [0.05, 0.1) is 22.7 Å². The normalized spacial score (nSPS) is 29.8. The minimum Gasteiger partial charge on any atom is -0.490 e. The van der Waals surface area contributed by atoms with Crippen molar-refractivity contribution in [2.24, 2.45) is 10.8 Å². The van der Waals surface area contributed by atoms with Crippen molar-refractivity contribution >= 4 is 16.9 Å². The number of aliphatic carboxylic acids is 1. The predicted molar refractivity (Wildman–Crippen MR) is 126 cm³/mol. The van der Waals surface area contributed by atoms with E-state index in [1.54, 1.807) is 0 Å². The van der Waals surface area contributed by atoms with Gasteiger partial charge in [0.15, 0.2) is 0 Å². The van der Waals surface area contributed by atoms with E-state index in [2.05, 4.69) is 49.5 Å². The van der Waals surface area contributed by atoms with Gasteiger partial charge in [0.2, 0.25) is 0 Å². The van der Waals surface area contributed by atoms with E-state index in [1.807, 2.05) is 0 Å². The van der Waals surface area contributed by atoms with E-state index in [-0.39, 0.29) is 5.54 Å². The average Bonchev–Trinajstić information content (AvgIpc) is 2.80. The average molecular weight is 437 g/mol. The van der Waals surface area contributed by atoms with Crippen LogP contribution in [0.25, 0.3) is 10.9 Å². The standard InChI is InChI=1S/C27H36N2O3/c1-25(2)9-7-21(8-10-25)32-22-5-6-23-19(17-22)3-4-20(29-23)18-28-27-14-11-26(12-15-27,13-16-27)24(30)31/h3-6,17,21,28H,7-16,18H2,1-2H3,(H,30,31). The van der Waals surface area contributed by atoms with Crippen molar-refractivity contribution in [2.45, 2.75) is 96.2 Å². The second-order valence-electron chi connectivity index (χ2n) is 11.4. The highest BCUT2D eigenvalue weighted by atomic mass is 16.5. The molecule has 5 heteroatoms. The molecule has 0 amide bonds. The van der Waals surface area contributed by atoms with Crippen molar-refractivity contribution in [1.82, 2.24) is 10.3 Å². The van der Waals surface area contributed by atoms with E-state index in [9.17, 15) is 9.90 Å². The third-order valence-electron chi connectivity index (χ3n) is 8.65. The summed E-state index contributed by atoms with van der Waals surface area (Å²) in [5.74, 6) is 0.345. The molecule has 2 aromatic rings. The van der Waals surface area contributed by atoms with Gasteiger partial charge in [-0.1, -0.05) is 19.9 Å². The quantitative estimate of drug-likeness (QED) is 0.594. The Bertz CT molecular complexity index is 981. The zero-order valence-corrected chi connectivity index (χ0v) is 19.5. The molecule has 172 valence electrons. The van der Waals surface area contributed by atoms with Crippen molar-refractivity contribution in [1.29, 1.82) is 0 Å². The molecule has 2 bridgehead atoms. The zero-order chi connectivity index (χ0) is 22.4. The van der Waals surface area contributed by atoms with E-state index in [1.165, 1.54) is 12.8 Å². The van der Waals surface area contributed by atoms with Crippen LogP contribution < -0.4 is 10.1 Å². The number of nitrogens with one attached hydrogen (secondary N) is 1. The van der Waals surface area contributed by atoms with Crippen LogP contribution in [0.2, 0.25) is 0 Å². The van der Waals surface area contributed by atoms with Crippen LogP contribution >= 0.6 is 0 Å². The largest absolute Gasteiger partial charge is 0.490 e. The number of hydrogen-bond donors (Lipinski definition) is 2. The van der Waals surface area contributed by atoms with Crippen molar-refractivity contribution < 1.29 is 14.6 Å². The van der Waals surface area contributed by atoms with Crippen molar-refractivity contribution in [3.8, 4) is 5.75 Å². The number of hydrogen-bond acceptors (Lipinski definition) is 4. The van der Waals surface area contributed by atoms with Gasteiger partial charge in [-0.25, -0.2) is 0 Å². The highest BCUT2D eigenvalue weighted by Crippen LogP contribution is 2.52. The predicted octanol–water partition coefficient (Wildman–Crippen LogP) is 5.85. The van der Waals surface area contributed by atoms with E-state index in [4.69, 9.17) is 9.72 Å². The summed E-state index contributed by atoms with van der Waals surface area (Å²) >= 11 is 0. The van der Waals surface area contributed by atoms with Crippen LogP contribution in [0, 0.1) is 10.8 Å². The van der Waals surface area contributed by atoms with E-state index >= 15 is 0 Å². The Labute approximate surface area is 191 Å². The summed E-state index contributed by atoms with van der Waals surface area (Å²) < 4.78 is 6.29. The maximum Gasteiger partial charge on any atom is 0.309 e. The molecule has 4 fully saturated rings. The number of aromatic nitrogens is 1. The molecule has 0 aliphatic heterocycles. The third-order valence-corrected chi connectivity index (χ3v) is 8.65. The van der Waals surface area contributed by atoms with Crippen LogP contribution in [-0.2, 0) is 11.3 Å². The van der Waals surface area contributed by atoms with Crippen LogP contribution in [-0.4, -0.2) is 27.7 Å². The molecule has 2 N–H and O–H groups in total. The Balaban J connectivity index is 1.20. The summed E-state index contributed by atoms with van der Waals surface area (Å²) in [6.07, 6.45) is 10.3. The first kappa shape index (κ1) is 21.7. The van der Waals surface area contributed by atoms with Gasteiger partial charge < -0.3 is 15.2 Å². The molecule has 0 saturated heterocycles. The number of ether oxygens (including phenoxy) is 1. The van der Waals surface area contributed by atoms with Gasteiger partial charge in [0, 0.05) is 17.5 Å². The van der Waals surface area contributed by atoms with Crippen molar-refractivity contribution in [3.63, 3.8) is 0 Å². The molecule has 6 rings (SSSR count). The first-order chi connectivity index (χ1) is 15.3. The molecule has 0 radical (unpaired) electrons. The second kappa shape index (κ2) is 8.02. The van der Waals surface area contributed by atoms with E-state index < -0.39 is 11.4 Å². The summed E-state index contributed by atoms with van der Waals surface area (Å²) in [6.45, 7) is 5.43.